The van der Waals surface area contributed by atoms with E-state index in [9.17, 15) is 14.7 Å². The third-order valence-corrected chi connectivity index (χ3v) is 6.48. The van der Waals surface area contributed by atoms with Gasteiger partial charge in [-0.05, 0) is 72.9 Å². The van der Waals surface area contributed by atoms with E-state index in [1.807, 2.05) is 48.5 Å². The Labute approximate surface area is 196 Å². The normalized spacial score (nSPS) is 15.2. The van der Waals surface area contributed by atoms with E-state index in [1.54, 1.807) is 28.8 Å². The standard InChI is InChI=1S/C27H22ClNO4/c28-20-9-6-18(7-10-20)26(30)29-24-12-8-19(27(31)32)14-22(24)23-15-21(11-13-25(23)29)33-16-17-4-2-1-3-5-17/h1-7,9-11,13,15,19H,8,12,14,16H2,(H,31,32). The van der Waals surface area contributed by atoms with Crippen LogP contribution in [0.15, 0.2) is 72.8 Å². The zero-order valence-corrected chi connectivity index (χ0v) is 18.6. The molecule has 0 spiro atoms. The summed E-state index contributed by atoms with van der Waals surface area (Å²) in [6, 6.07) is 22.4. The van der Waals surface area contributed by atoms with E-state index in [4.69, 9.17) is 16.3 Å². The molecule has 0 bridgehead atoms. The summed E-state index contributed by atoms with van der Waals surface area (Å²) in [5.41, 5.74) is 4.14. The van der Waals surface area contributed by atoms with E-state index in [0.717, 1.165) is 27.7 Å². The lowest BCUT2D eigenvalue weighted by atomic mass is 9.86. The van der Waals surface area contributed by atoms with Gasteiger partial charge in [0, 0.05) is 21.7 Å². The molecule has 0 aliphatic heterocycles. The monoisotopic (exact) mass is 459 g/mol. The molecule has 5 nitrogen and oxygen atoms in total. The molecule has 0 fully saturated rings. The van der Waals surface area contributed by atoms with Gasteiger partial charge in [0.15, 0.2) is 0 Å². The Morgan fingerprint density at radius 3 is 2.52 bits per heavy atom. The van der Waals surface area contributed by atoms with Crippen molar-refractivity contribution in [2.24, 2.45) is 5.92 Å². The highest BCUT2D eigenvalue weighted by molar-refractivity contribution is 6.30. The smallest absolute Gasteiger partial charge is 0.306 e. The summed E-state index contributed by atoms with van der Waals surface area (Å²) < 4.78 is 7.74. The molecule has 0 radical (unpaired) electrons. The number of benzene rings is 3. The highest BCUT2D eigenvalue weighted by atomic mass is 35.5. The molecule has 33 heavy (non-hydrogen) atoms. The molecule has 1 unspecified atom stereocenters. The lowest BCUT2D eigenvalue weighted by Crippen LogP contribution is -2.24. The average Bonchev–Trinajstić information content (AvgIpc) is 3.16. The van der Waals surface area contributed by atoms with Crippen molar-refractivity contribution < 1.29 is 19.4 Å². The number of aliphatic carboxylic acids is 1. The summed E-state index contributed by atoms with van der Waals surface area (Å²) in [7, 11) is 0. The van der Waals surface area contributed by atoms with Gasteiger partial charge in [0.1, 0.15) is 12.4 Å². The summed E-state index contributed by atoms with van der Waals surface area (Å²) >= 11 is 6.00. The molecule has 1 heterocycles. The molecule has 5 rings (SSSR count). The number of carbonyl (C=O) groups is 2. The van der Waals surface area contributed by atoms with Crippen LogP contribution in [0.25, 0.3) is 10.9 Å². The number of nitrogens with zero attached hydrogens (tertiary/aromatic N) is 1. The van der Waals surface area contributed by atoms with Crippen LogP contribution >= 0.6 is 11.6 Å². The Morgan fingerprint density at radius 1 is 1.03 bits per heavy atom. The van der Waals surface area contributed by atoms with Gasteiger partial charge in [-0.3, -0.25) is 14.2 Å². The number of halogens is 1. The maximum atomic E-state index is 13.5. The Bertz CT molecular complexity index is 1340. The van der Waals surface area contributed by atoms with Crippen LogP contribution in [-0.4, -0.2) is 21.6 Å². The molecule has 1 aliphatic carbocycles. The van der Waals surface area contributed by atoms with Gasteiger partial charge in [-0.2, -0.15) is 0 Å². The first-order valence-electron chi connectivity index (χ1n) is 10.9. The van der Waals surface area contributed by atoms with Gasteiger partial charge in [0.2, 0.25) is 0 Å². The minimum absolute atomic E-state index is 0.148. The number of carbonyl (C=O) groups excluding carboxylic acids is 1. The second kappa shape index (κ2) is 8.75. The third-order valence-electron chi connectivity index (χ3n) is 6.22. The SMILES string of the molecule is O=C(O)C1CCc2c(c3cc(OCc4ccccc4)ccc3n2C(=O)c2ccc(Cl)cc2)C1. The Morgan fingerprint density at radius 2 is 1.79 bits per heavy atom. The first-order chi connectivity index (χ1) is 16.0. The molecule has 166 valence electrons. The number of carboxylic acids is 1. The van der Waals surface area contributed by atoms with Crippen LogP contribution in [0, 0.1) is 5.92 Å². The van der Waals surface area contributed by atoms with Crippen molar-refractivity contribution in [3.05, 3.63) is 100 Å². The van der Waals surface area contributed by atoms with Crippen LogP contribution < -0.4 is 4.74 Å². The van der Waals surface area contributed by atoms with Crippen molar-refractivity contribution in [3.63, 3.8) is 0 Å². The lowest BCUT2D eigenvalue weighted by molar-refractivity contribution is -0.142. The van der Waals surface area contributed by atoms with Gasteiger partial charge >= 0.3 is 5.97 Å². The van der Waals surface area contributed by atoms with Crippen LogP contribution in [0.4, 0.5) is 0 Å². The minimum atomic E-state index is -0.804. The van der Waals surface area contributed by atoms with Crippen LogP contribution in [0.5, 0.6) is 5.75 Å². The van der Waals surface area contributed by atoms with E-state index < -0.39 is 11.9 Å². The lowest BCUT2D eigenvalue weighted by Gasteiger charge is -2.20. The third kappa shape index (κ3) is 4.12. The van der Waals surface area contributed by atoms with Crippen molar-refractivity contribution in [2.45, 2.75) is 25.9 Å². The number of carboxylic acid groups (broad SMARTS) is 1. The van der Waals surface area contributed by atoms with E-state index in [-0.39, 0.29) is 5.91 Å². The number of aromatic nitrogens is 1. The molecule has 1 atom stereocenters. The first kappa shape index (κ1) is 21.3. The predicted molar refractivity (Wildman–Crippen MR) is 127 cm³/mol. The fourth-order valence-corrected chi connectivity index (χ4v) is 4.66. The molecule has 1 aromatic heterocycles. The highest BCUT2D eigenvalue weighted by Gasteiger charge is 2.31. The van der Waals surface area contributed by atoms with Crippen LogP contribution in [0.2, 0.25) is 5.02 Å². The first-order valence-corrected chi connectivity index (χ1v) is 11.2. The van der Waals surface area contributed by atoms with Crippen LogP contribution in [0.3, 0.4) is 0 Å². The van der Waals surface area contributed by atoms with Gasteiger partial charge in [0.05, 0.1) is 11.4 Å². The molecule has 1 aliphatic rings. The summed E-state index contributed by atoms with van der Waals surface area (Å²) in [5, 5.41) is 11.0. The second-order valence-electron chi connectivity index (χ2n) is 8.30. The highest BCUT2D eigenvalue weighted by Crippen LogP contribution is 2.37. The zero-order valence-electron chi connectivity index (χ0n) is 17.8. The average molecular weight is 460 g/mol. The van der Waals surface area contributed by atoms with Crippen molar-refractivity contribution in [3.8, 4) is 5.75 Å². The van der Waals surface area contributed by atoms with Crippen molar-refractivity contribution in [1.29, 1.82) is 0 Å². The summed E-state index contributed by atoms with van der Waals surface area (Å²) in [6.45, 7) is 0.427. The maximum Gasteiger partial charge on any atom is 0.306 e. The fourth-order valence-electron chi connectivity index (χ4n) is 4.53. The Kier molecular flexibility index (Phi) is 5.65. The largest absolute Gasteiger partial charge is 0.489 e. The van der Waals surface area contributed by atoms with Crippen LogP contribution in [-0.2, 0) is 24.2 Å². The quantitative estimate of drug-likeness (QED) is 0.412. The molecule has 0 amide bonds. The number of rotatable bonds is 5. The molecule has 3 aromatic carbocycles. The molecule has 6 heteroatoms. The van der Waals surface area contributed by atoms with Gasteiger partial charge in [-0.25, -0.2) is 0 Å². The topological polar surface area (TPSA) is 68.5 Å². The molecular formula is C27H22ClNO4. The zero-order chi connectivity index (χ0) is 22.9. The van der Waals surface area contributed by atoms with Crippen molar-refractivity contribution >= 4 is 34.4 Å². The van der Waals surface area contributed by atoms with Gasteiger partial charge in [0.25, 0.3) is 5.91 Å². The molecule has 1 N–H and O–H groups in total. The van der Waals surface area contributed by atoms with Crippen LogP contribution in [0.1, 0.15) is 33.6 Å². The fraction of sp³-hybridized carbons (Fsp3) is 0.185. The Balaban J connectivity index is 1.57. The molecule has 0 saturated heterocycles. The van der Waals surface area contributed by atoms with E-state index >= 15 is 0 Å². The minimum Gasteiger partial charge on any atom is -0.489 e. The predicted octanol–water partition coefficient (Wildman–Crippen LogP) is 5.75. The van der Waals surface area contributed by atoms with E-state index in [2.05, 4.69) is 0 Å². The second-order valence-corrected chi connectivity index (χ2v) is 8.74. The van der Waals surface area contributed by atoms with Gasteiger partial charge in [-0.15, -0.1) is 0 Å². The van der Waals surface area contributed by atoms with E-state index in [1.165, 1.54) is 0 Å². The molecule has 0 saturated carbocycles. The number of hydrogen-bond acceptors (Lipinski definition) is 3. The number of ether oxygens (including phenoxy) is 1. The maximum absolute atomic E-state index is 13.5. The van der Waals surface area contributed by atoms with Gasteiger partial charge in [-0.1, -0.05) is 41.9 Å². The van der Waals surface area contributed by atoms with Crippen molar-refractivity contribution in [1.82, 2.24) is 4.57 Å². The van der Waals surface area contributed by atoms with Gasteiger partial charge < -0.3 is 9.84 Å². The van der Waals surface area contributed by atoms with Crippen molar-refractivity contribution in [2.75, 3.05) is 0 Å². The summed E-state index contributed by atoms with van der Waals surface area (Å²) in [6.07, 6.45) is 1.43. The summed E-state index contributed by atoms with van der Waals surface area (Å²) in [4.78, 5) is 25.2. The van der Waals surface area contributed by atoms with E-state index in [0.29, 0.717) is 42.2 Å². The molecule has 4 aromatic rings. The summed E-state index contributed by atoms with van der Waals surface area (Å²) in [5.74, 6) is -0.731. The number of fused-ring (bicyclic) bond motifs is 3. The Hall–Kier alpha value is -3.57. The molecular weight excluding hydrogens is 438 g/mol. The number of hydrogen-bond donors (Lipinski definition) is 1.